The van der Waals surface area contributed by atoms with Gasteiger partial charge in [-0.2, -0.15) is 0 Å². The fraction of sp³-hybridized carbons (Fsp3) is 0.929. The normalized spacial score (nSPS) is 31.2. The molecule has 1 saturated carbocycles. The maximum absolute atomic E-state index is 12.1. The lowest BCUT2D eigenvalue weighted by atomic mass is 9.89. The molecule has 0 aromatic carbocycles. The van der Waals surface area contributed by atoms with Crippen LogP contribution in [0.2, 0.25) is 0 Å². The number of ether oxygens (including phenoxy) is 1. The van der Waals surface area contributed by atoms with Crippen LogP contribution in [-0.4, -0.2) is 53.0 Å². The van der Waals surface area contributed by atoms with Crippen molar-refractivity contribution in [2.24, 2.45) is 0 Å². The van der Waals surface area contributed by atoms with E-state index >= 15 is 0 Å². The van der Waals surface area contributed by atoms with Crippen molar-refractivity contribution in [1.82, 2.24) is 10.2 Å². The number of carbonyl (C=O) groups excluding carboxylic acids is 1. The molecule has 1 saturated heterocycles. The lowest BCUT2D eigenvalue weighted by Gasteiger charge is -2.34. The van der Waals surface area contributed by atoms with Crippen molar-refractivity contribution in [3.63, 3.8) is 0 Å². The average molecular weight is 270 g/mol. The number of rotatable bonds is 3. The molecule has 19 heavy (non-hydrogen) atoms. The first-order valence-corrected chi connectivity index (χ1v) is 7.26. The zero-order valence-electron chi connectivity index (χ0n) is 12.2. The molecule has 1 aliphatic heterocycles. The summed E-state index contributed by atoms with van der Waals surface area (Å²) in [7, 11) is 0. The van der Waals surface area contributed by atoms with Gasteiger partial charge in [-0.05, 0) is 46.5 Å². The van der Waals surface area contributed by atoms with Gasteiger partial charge in [0.1, 0.15) is 5.60 Å². The summed E-state index contributed by atoms with van der Waals surface area (Å²) in [6.07, 6.45) is 3.40. The highest BCUT2D eigenvalue weighted by atomic mass is 16.6. The first-order chi connectivity index (χ1) is 8.85. The van der Waals surface area contributed by atoms with E-state index in [-0.39, 0.29) is 18.2 Å². The Morgan fingerprint density at radius 3 is 2.68 bits per heavy atom. The van der Waals surface area contributed by atoms with E-state index in [1.54, 1.807) is 0 Å². The van der Waals surface area contributed by atoms with Crippen LogP contribution in [0.1, 0.15) is 46.5 Å². The molecule has 1 heterocycles. The molecule has 0 aromatic heterocycles. The van der Waals surface area contributed by atoms with Gasteiger partial charge in [0.15, 0.2) is 0 Å². The lowest BCUT2D eigenvalue weighted by Crippen LogP contribution is -2.50. The van der Waals surface area contributed by atoms with E-state index in [0.29, 0.717) is 6.04 Å². The summed E-state index contributed by atoms with van der Waals surface area (Å²) in [5, 5.41) is 12.7. The first-order valence-electron chi connectivity index (χ1n) is 7.26. The van der Waals surface area contributed by atoms with Crippen LogP contribution >= 0.6 is 0 Å². The van der Waals surface area contributed by atoms with Crippen LogP contribution in [0.5, 0.6) is 0 Å². The average Bonchev–Trinajstić information content (AvgIpc) is 2.68. The van der Waals surface area contributed by atoms with E-state index in [0.717, 1.165) is 38.8 Å². The zero-order valence-corrected chi connectivity index (χ0v) is 12.2. The summed E-state index contributed by atoms with van der Waals surface area (Å²) in [5.74, 6) is 0. The standard InChI is InChI=1S/C14H26N2O3/c1-14(2,3)19-13(18)16-6-4-5-11(16)9-15-10-7-12(17)8-10/h10-12,15,17H,4-9H2,1-3H3. The second kappa shape index (κ2) is 5.67. The molecule has 1 aliphatic carbocycles. The molecule has 0 aromatic rings. The van der Waals surface area contributed by atoms with E-state index in [1.165, 1.54) is 0 Å². The molecule has 1 atom stereocenters. The summed E-state index contributed by atoms with van der Waals surface area (Å²) in [4.78, 5) is 13.9. The van der Waals surface area contributed by atoms with E-state index in [9.17, 15) is 9.90 Å². The highest BCUT2D eigenvalue weighted by Crippen LogP contribution is 2.23. The lowest BCUT2D eigenvalue weighted by molar-refractivity contribution is 0.0205. The largest absolute Gasteiger partial charge is 0.444 e. The highest BCUT2D eigenvalue weighted by molar-refractivity contribution is 5.69. The van der Waals surface area contributed by atoms with Crippen molar-refractivity contribution in [3.8, 4) is 0 Å². The van der Waals surface area contributed by atoms with Gasteiger partial charge in [-0.3, -0.25) is 0 Å². The third-order valence-electron chi connectivity index (χ3n) is 3.76. The number of likely N-dealkylation sites (tertiary alicyclic amines) is 1. The van der Waals surface area contributed by atoms with Crippen molar-refractivity contribution in [2.45, 2.75) is 70.2 Å². The summed E-state index contributed by atoms with van der Waals surface area (Å²) in [5.41, 5.74) is -0.435. The van der Waals surface area contributed by atoms with Gasteiger partial charge >= 0.3 is 6.09 Å². The summed E-state index contributed by atoms with van der Waals surface area (Å²) < 4.78 is 5.44. The quantitative estimate of drug-likeness (QED) is 0.816. The Morgan fingerprint density at radius 1 is 1.42 bits per heavy atom. The summed E-state index contributed by atoms with van der Waals surface area (Å²) >= 11 is 0. The fourth-order valence-corrected chi connectivity index (χ4v) is 2.67. The van der Waals surface area contributed by atoms with E-state index in [2.05, 4.69) is 5.32 Å². The van der Waals surface area contributed by atoms with Crippen LogP contribution < -0.4 is 5.32 Å². The number of carbonyl (C=O) groups is 1. The van der Waals surface area contributed by atoms with Crippen LogP contribution in [0.4, 0.5) is 4.79 Å². The van der Waals surface area contributed by atoms with E-state index < -0.39 is 5.60 Å². The van der Waals surface area contributed by atoms with E-state index in [1.807, 2.05) is 25.7 Å². The zero-order chi connectivity index (χ0) is 14.0. The van der Waals surface area contributed by atoms with Crippen molar-refractivity contribution < 1.29 is 14.6 Å². The molecule has 0 spiro atoms. The molecule has 1 unspecified atom stereocenters. The number of amides is 1. The van der Waals surface area contributed by atoms with Crippen molar-refractivity contribution in [2.75, 3.05) is 13.1 Å². The van der Waals surface area contributed by atoms with Gasteiger partial charge in [0, 0.05) is 25.2 Å². The molecule has 5 nitrogen and oxygen atoms in total. The Hall–Kier alpha value is -0.810. The Balaban J connectivity index is 1.78. The molecule has 0 bridgehead atoms. The third-order valence-corrected chi connectivity index (χ3v) is 3.76. The smallest absolute Gasteiger partial charge is 0.410 e. The maximum atomic E-state index is 12.1. The van der Waals surface area contributed by atoms with Crippen molar-refractivity contribution in [1.29, 1.82) is 0 Å². The molecule has 2 fully saturated rings. The molecule has 110 valence electrons. The number of hydrogen-bond donors (Lipinski definition) is 2. The van der Waals surface area contributed by atoms with Gasteiger partial charge in [-0.1, -0.05) is 0 Å². The van der Waals surface area contributed by atoms with Crippen LogP contribution in [0.15, 0.2) is 0 Å². The summed E-state index contributed by atoms with van der Waals surface area (Å²) in [6.45, 7) is 7.27. The van der Waals surface area contributed by atoms with Crippen LogP contribution in [-0.2, 0) is 4.74 Å². The van der Waals surface area contributed by atoms with Gasteiger partial charge < -0.3 is 20.1 Å². The Labute approximate surface area is 115 Å². The molecule has 2 aliphatic rings. The minimum Gasteiger partial charge on any atom is -0.444 e. The molecular weight excluding hydrogens is 244 g/mol. The number of hydrogen-bond acceptors (Lipinski definition) is 4. The Morgan fingerprint density at radius 2 is 2.11 bits per heavy atom. The predicted octanol–water partition coefficient (Wildman–Crippen LogP) is 1.50. The molecule has 2 N–H and O–H groups in total. The second-order valence-electron chi connectivity index (χ2n) is 6.70. The minimum absolute atomic E-state index is 0.136. The van der Waals surface area contributed by atoms with Crippen molar-refractivity contribution in [3.05, 3.63) is 0 Å². The van der Waals surface area contributed by atoms with Gasteiger partial charge in [-0.25, -0.2) is 4.79 Å². The number of nitrogens with one attached hydrogen (secondary N) is 1. The molecular formula is C14H26N2O3. The minimum atomic E-state index is -0.435. The third kappa shape index (κ3) is 4.08. The highest BCUT2D eigenvalue weighted by Gasteiger charge is 2.33. The predicted molar refractivity (Wildman–Crippen MR) is 73.0 cm³/mol. The Bertz CT molecular complexity index is 321. The first kappa shape index (κ1) is 14.6. The van der Waals surface area contributed by atoms with Gasteiger partial charge in [0.2, 0.25) is 0 Å². The van der Waals surface area contributed by atoms with Gasteiger partial charge in [-0.15, -0.1) is 0 Å². The van der Waals surface area contributed by atoms with Gasteiger partial charge in [0.05, 0.1) is 6.10 Å². The van der Waals surface area contributed by atoms with Crippen LogP contribution in [0.3, 0.4) is 0 Å². The SMILES string of the molecule is CC(C)(C)OC(=O)N1CCCC1CNC1CC(O)C1. The number of nitrogens with zero attached hydrogens (tertiary/aromatic N) is 1. The van der Waals surface area contributed by atoms with E-state index in [4.69, 9.17) is 4.74 Å². The monoisotopic (exact) mass is 270 g/mol. The fourth-order valence-electron chi connectivity index (χ4n) is 2.67. The topological polar surface area (TPSA) is 61.8 Å². The summed E-state index contributed by atoms with van der Waals surface area (Å²) in [6, 6.07) is 0.642. The Kier molecular flexibility index (Phi) is 4.36. The molecule has 5 heteroatoms. The molecule has 2 rings (SSSR count). The number of aliphatic hydroxyl groups excluding tert-OH is 1. The number of aliphatic hydroxyl groups is 1. The second-order valence-corrected chi connectivity index (χ2v) is 6.70. The van der Waals surface area contributed by atoms with Crippen LogP contribution in [0, 0.1) is 0 Å². The maximum Gasteiger partial charge on any atom is 0.410 e. The van der Waals surface area contributed by atoms with Gasteiger partial charge in [0.25, 0.3) is 0 Å². The molecule has 0 radical (unpaired) electrons. The van der Waals surface area contributed by atoms with Crippen molar-refractivity contribution >= 4 is 6.09 Å². The van der Waals surface area contributed by atoms with Crippen LogP contribution in [0.25, 0.3) is 0 Å². The molecule has 1 amide bonds.